The Balaban J connectivity index is 1.20. The minimum absolute atomic E-state index is 0.0101. The Bertz CT molecular complexity index is 895. The Hall–Kier alpha value is -2.10. The highest BCUT2D eigenvalue weighted by Crippen LogP contribution is 2.44. The fourth-order valence-corrected chi connectivity index (χ4v) is 6.10. The van der Waals surface area contributed by atoms with Gasteiger partial charge in [-0.15, -0.1) is 0 Å². The van der Waals surface area contributed by atoms with Gasteiger partial charge in [0.15, 0.2) is 11.5 Å². The lowest BCUT2D eigenvalue weighted by Crippen LogP contribution is -2.27. The zero-order chi connectivity index (χ0) is 23.9. The van der Waals surface area contributed by atoms with Crippen molar-refractivity contribution >= 4 is 0 Å². The van der Waals surface area contributed by atoms with Crippen molar-refractivity contribution in [2.75, 3.05) is 13.2 Å². The van der Waals surface area contributed by atoms with Gasteiger partial charge in [-0.25, -0.2) is 0 Å². The van der Waals surface area contributed by atoms with Crippen LogP contribution in [0.3, 0.4) is 0 Å². The van der Waals surface area contributed by atoms with Gasteiger partial charge in [0, 0.05) is 0 Å². The van der Waals surface area contributed by atoms with E-state index < -0.39 is 11.6 Å². The van der Waals surface area contributed by atoms with Gasteiger partial charge < -0.3 is 9.47 Å². The molecule has 2 fully saturated rings. The zero-order valence-corrected chi connectivity index (χ0v) is 20.8. The number of rotatable bonds is 9. The number of aryl methyl sites for hydroxylation is 1. The van der Waals surface area contributed by atoms with E-state index in [9.17, 15) is 8.78 Å². The summed E-state index contributed by atoms with van der Waals surface area (Å²) in [6.07, 6.45) is 12.4. The van der Waals surface area contributed by atoms with Gasteiger partial charge in [0.05, 0.1) is 13.2 Å². The molecule has 2 aromatic carbocycles. The van der Waals surface area contributed by atoms with E-state index in [0.717, 1.165) is 30.6 Å². The van der Waals surface area contributed by atoms with Gasteiger partial charge in [0.1, 0.15) is 0 Å². The van der Waals surface area contributed by atoms with Crippen LogP contribution in [0.2, 0.25) is 0 Å². The summed E-state index contributed by atoms with van der Waals surface area (Å²) in [4.78, 5) is 0. The van der Waals surface area contributed by atoms with E-state index in [-0.39, 0.29) is 11.5 Å². The van der Waals surface area contributed by atoms with Crippen LogP contribution in [0, 0.1) is 29.4 Å². The highest BCUT2D eigenvalue weighted by atomic mass is 19.2. The van der Waals surface area contributed by atoms with E-state index in [0.29, 0.717) is 19.1 Å². The van der Waals surface area contributed by atoms with Crippen LogP contribution in [0.25, 0.3) is 0 Å². The molecule has 4 rings (SSSR count). The minimum atomic E-state index is -0.962. The molecule has 0 N–H and O–H groups in total. The summed E-state index contributed by atoms with van der Waals surface area (Å²) in [5, 5.41) is 0. The van der Waals surface area contributed by atoms with Gasteiger partial charge in [0.2, 0.25) is 11.6 Å². The topological polar surface area (TPSA) is 18.5 Å². The molecular weight excluding hydrogens is 430 g/mol. The lowest BCUT2D eigenvalue weighted by atomic mass is 9.68. The standard InChI is InChI=1S/C30H40F2O2/c1-3-5-21-6-10-23(11-7-21)25-14-16-26(17-15-25)24-12-8-22(9-13-24)20-34-28-19-18-27(33-4-2)29(31)30(28)32/h6-7,10-11,18-19,22,24-26H,3-5,8-9,12-17,20H2,1-2H3. The number of hydrogen-bond acceptors (Lipinski definition) is 2. The van der Waals surface area contributed by atoms with E-state index in [1.54, 1.807) is 6.92 Å². The van der Waals surface area contributed by atoms with Crippen LogP contribution in [0.4, 0.5) is 8.78 Å². The van der Waals surface area contributed by atoms with Crippen LogP contribution in [0.1, 0.15) is 88.7 Å². The molecule has 34 heavy (non-hydrogen) atoms. The molecule has 0 bridgehead atoms. The lowest BCUT2D eigenvalue weighted by Gasteiger charge is -2.38. The largest absolute Gasteiger partial charge is 0.491 e. The number of ether oxygens (including phenoxy) is 2. The quantitative estimate of drug-likeness (QED) is 0.366. The van der Waals surface area contributed by atoms with E-state index >= 15 is 0 Å². The molecule has 0 radical (unpaired) electrons. The maximum absolute atomic E-state index is 14.3. The summed E-state index contributed by atoms with van der Waals surface area (Å²) in [6, 6.07) is 12.3. The molecule has 0 unspecified atom stereocenters. The molecule has 2 saturated carbocycles. The van der Waals surface area contributed by atoms with Crippen molar-refractivity contribution in [3.63, 3.8) is 0 Å². The van der Waals surface area contributed by atoms with Crippen molar-refractivity contribution in [3.05, 3.63) is 59.2 Å². The van der Waals surface area contributed by atoms with Crippen molar-refractivity contribution in [1.82, 2.24) is 0 Å². The summed E-state index contributed by atoms with van der Waals surface area (Å²) in [5.41, 5.74) is 2.98. The van der Waals surface area contributed by atoms with Crippen molar-refractivity contribution in [3.8, 4) is 11.5 Å². The van der Waals surface area contributed by atoms with Crippen LogP contribution >= 0.6 is 0 Å². The third-order valence-electron chi connectivity index (χ3n) is 8.11. The summed E-state index contributed by atoms with van der Waals surface area (Å²) >= 11 is 0. The molecule has 0 amide bonds. The molecule has 4 heteroatoms. The van der Waals surface area contributed by atoms with Gasteiger partial charge in [-0.2, -0.15) is 8.78 Å². The average Bonchev–Trinajstić information content (AvgIpc) is 2.88. The van der Waals surface area contributed by atoms with Crippen molar-refractivity contribution in [1.29, 1.82) is 0 Å². The van der Waals surface area contributed by atoms with E-state index in [2.05, 4.69) is 31.2 Å². The second-order valence-electron chi connectivity index (χ2n) is 10.3. The number of hydrogen-bond donors (Lipinski definition) is 0. The SMILES string of the molecule is CCCc1ccc(C2CCC(C3CCC(COc4ccc(OCC)c(F)c4F)CC3)CC2)cc1. The summed E-state index contributed by atoms with van der Waals surface area (Å²) in [7, 11) is 0. The zero-order valence-electron chi connectivity index (χ0n) is 20.8. The van der Waals surface area contributed by atoms with Crippen molar-refractivity contribution in [2.45, 2.75) is 84.0 Å². The van der Waals surface area contributed by atoms with Gasteiger partial charge in [-0.1, -0.05) is 37.6 Å². The molecule has 2 nitrogen and oxygen atoms in total. The molecule has 0 spiro atoms. The van der Waals surface area contributed by atoms with Gasteiger partial charge >= 0.3 is 0 Å². The number of halogens is 2. The van der Waals surface area contributed by atoms with Gasteiger partial charge in [-0.3, -0.25) is 0 Å². The maximum atomic E-state index is 14.3. The highest BCUT2D eigenvalue weighted by Gasteiger charge is 2.31. The van der Waals surface area contributed by atoms with Crippen LogP contribution in [0.15, 0.2) is 36.4 Å². The Labute approximate surface area is 204 Å². The lowest BCUT2D eigenvalue weighted by molar-refractivity contribution is 0.129. The fraction of sp³-hybridized carbons (Fsp3) is 0.600. The smallest absolute Gasteiger partial charge is 0.204 e. The summed E-state index contributed by atoms with van der Waals surface area (Å²) in [5.74, 6) is 0.815. The first-order valence-corrected chi connectivity index (χ1v) is 13.4. The second kappa shape index (κ2) is 12.0. The third kappa shape index (κ3) is 6.12. The first-order valence-electron chi connectivity index (χ1n) is 13.4. The molecule has 0 aliphatic heterocycles. The van der Waals surface area contributed by atoms with Gasteiger partial charge in [-0.05, 0) is 112 Å². The third-order valence-corrected chi connectivity index (χ3v) is 8.11. The number of benzene rings is 2. The van der Waals surface area contributed by atoms with Crippen LogP contribution in [0.5, 0.6) is 11.5 Å². The van der Waals surface area contributed by atoms with Crippen molar-refractivity contribution in [2.24, 2.45) is 17.8 Å². The maximum Gasteiger partial charge on any atom is 0.204 e. The molecule has 186 valence electrons. The Morgan fingerprint density at radius 3 is 1.82 bits per heavy atom. The Morgan fingerprint density at radius 2 is 1.26 bits per heavy atom. The monoisotopic (exact) mass is 470 g/mol. The summed E-state index contributed by atoms with van der Waals surface area (Å²) in [6.45, 7) is 4.74. The van der Waals surface area contributed by atoms with E-state index in [1.807, 2.05) is 0 Å². The predicted molar refractivity (Wildman–Crippen MR) is 134 cm³/mol. The minimum Gasteiger partial charge on any atom is -0.491 e. The normalized spacial score (nSPS) is 25.2. The highest BCUT2D eigenvalue weighted by molar-refractivity contribution is 5.35. The molecule has 0 atom stereocenters. The summed E-state index contributed by atoms with van der Waals surface area (Å²) < 4.78 is 39.1. The molecule has 2 aromatic rings. The Morgan fingerprint density at radius 1 is 0.706 bits per heavy atom. The molecule has 2 aliphatic carbocycles. The second-order valence-corrected chi connectivity index (χ2v) is 10.3. The molecular formula is C30H40F2O2. The molecule has 2 aliphatic rings. The first kappa shape index (κ1) is 25.0. The van der Waals surface area contributed by atoms with Crippen molar-refractivity contribution < 1.29 is 18.3 Å². The van der Waals surface area contributed by atoms with E-state index in [1.165, 1.54) is 74.6 Å². The Kier molecular flexibility index (Phi) is 8.86. The van der Waals surface area contributed by atoms with Gasteiger partial charge in [0.25, 0.3) is 0 Å². The van der Waals surface area contributed by atoms with Crippen LogP contribution in [-0.2, 0) is 6.42 Å². The fourth-order valence-electron chi connectivity index (χ4n) is 6.10. The average molecular weight is 471 g/mol. The van der Waals surface area contributed by atoms with Crippen LogP contribution < -0.4 is 9.47 Å². The first-order chi connectivity index (χ1) is 16.6. The van der Waals surface area contributed by atoms with Crippen LogP contribution in [-0.4, -0.2) is 13.2 Å². The molecule has 0 heterocycles. The predicted octanol–water partition coefficient (Wildman–Crippen LogP) is 8.48. The molecule has 0 saturated heterocycles. The van der Waals surface area contributed by atoms with E-state index in [4.69, 9.17) is 9.47 Å². The molecule has 0 aromatic heterocycles.